The zero-order valence-electron chi connectivity index (χ0n) is 10.9. The van der Waals surface area contributed by atoms with Gasteiger partial charge in [0, 0.05) is 19.3 Å². The molecule has 1 aromatic heterocycles. The monoisotopic (exact) mass is 253 g/mol. The highest BCUT2D eigenvalue weighted by Crippen LogP contribution is 2.23. The largest absolute Gasteiger partial charge is 0.316 e. The molecule has 1 N–H and O–H groups in total. The topological polar surface area (TPSA) is 29.9 Å². The number of hydrogen-bond donors (Lipinski definition) is 1. The first-order chi connectivity index (χ1) is 8.25. The highest BCUT2D eigenvalue weighted by Gasteiger charge is 2.13. The van der Waals surface area contributed by atoms with Crippen LogP contribution in [0.3, 0.4) is 0 Å². The van der Waals surface area contributed by atoms with E-state index < -0.39 is 0 Å². The highest BCUT2D eigenvalue weighted by molar-refractivity contribution is 7.99. The van der Waals surface area contributed by atoms with Gasteiger partial charge in [-0.25, -0.2) is 0 Å². The fourth-order valence-corrected chi connectivity index (χ4v) is 3.41. The third kappa shape index (κ3) is 4.03. The summed E-state index contributed by atoms with van der Waals surface area (Å²) < 4.78 is 1.97. The molecule has 0 unspecified atom stereocenters. The molecule has 0 amide bonds. The third-order valence-electron chi connectivity index (χ3n) is 3.40. The molecule has 0 aromatic carbocycles. The van der Waals surface area contributed by atoms with Gasteiger partial charge in [-0.1, -0.05) is 12.8 Å². The summed E-state index contributed by atoms with van der Waals surface area (Å²) in [6.45, 7) is 4.36. The van der Waals surface area contributed by atoms with E-state index in [0.29, 0.717) is 0 Å². The average Bonchev–Trinajstić information content (AvgIpc) is 2.89. The Morgan fingerprint density at radius 1 is 1.47 bits per heavy atom. The molecule has 0 aliphatic heterocycles. The summed E-state index contributed by atoms with van der Waals surface area (Å²) in [4.78, 5) is 0. The molecule has 1 aromatic rings. The van der Waals surface area contributed by atoms with E-state index in [1.54, 1.807) is 0 Å². The normalized spacial score (nSPS) is 16.8. The lowest BCUT2D eigenvalue weighted by Gasteiger charge is -2.10. The van der Waals surface area contributed by atoms with Crippen LogP contribution in [0.25, 0.3) is 0 Å². The lowest BCUT2D eigenvalue weighted by atomic mass is 10.1. The number of aromatic nitrogens is 2. The summed E-state index contributed by atoms with van der Waals surface area (Å²) >= 11 is 1.89. The molecule has 1 aliphatic rings. The standard InChI is InChI=1S/C13H23N3S/c1-11-9-13(16(2)15-11)17-8-7-14-10-12-5-3-4-6-12/h9,12,14H,3-8,10H2,1-2H3. The van der Waals surface area contributed by atoms with E-state index in [0.717, 1.165) is 23.9 Å². The molecule has 1 aliphatic carbocycles. The van der Waals surface area contributed by atoms with E-state index in [9.17, 15) is 0 Å². The summed E-state index contributed by atoms with van der Waals surface area (Å²) in [5.41, 5.74) is 1.11. The minimum atomic E-state index is 0.943. The fourth-order valence-electron chi connectivity index (χ4n) is 2.47. The minimum Gasteiger partial charge on any atom is -0.316 e. The molecule has 1 heterocycles. The zero-order valence-corrected chi connectivity index (χ0v) is 11.7. The van der Waals surface area contributed by atoms with Crippen molar-refractivity contribution < 1.29 is 0 Å². The van der Waals surface area contributed by atoms with Gasteiger partial charge < -0.3 is 5.32 Å². The fraction of sp³-hybridized carbons (Fsp3) is 0.769. The van der Waals surface area contributed by atoms with Gasteiger partial charge in [0.1, 0.15) is 0 Å². The van der Waals surface area contributed by atoms with Crippen molar-refractivity contribution in [1.29, 1.82) is 0 Å². The maximum atomic E-state index is 4.35. The van der Waals surface area contributed by atoms with E-state index >= 15 is 0 Å². The van der Waals surface area contributed by atoms with Crippen LogP contribution in [-0.4, -0.2) is 28.6 Å². The van der Waals surface area contributed by atoms with E-state index in [-0.39, 0.29) is 0 Å². The van der Waals surface area contributed by atoms with E-state index in [2.05, 4.69) is 16.5 Å². The molecule has 1 fully saturated rings. The van der Waals surface area contributed by atoms with Gasteiger partial charge >= 0.3 is 0 Å². The van der Waals surface area contributed by atoms with Crippen molar-refractivity contribution in [2.75, 3.05) is 18.8 Å². The molecular weight excluding hydrogens is 230 g/mol. The SMILES string of the molecule is Cc1cc(SCCNCC2CCCC2)n(C)n1. The lowest BCUT2D eigenvalue weighted by molar-refractivity contribution is 0.500. The predicted octanol–water partition coefficient (Wildman–Crippen LogP) is 2.60. The van der Waals surface area contributed by atoms with Crippen LogP contribution >= 0.6 is 11.8 Å². The van der Waals surface area contributed by atoms with Gasteiger partial charge in [-0.2, -0.15) is 5.10 Å². The quantitative estimate of drug-likeness (QED) is 0.624. The first-order valence-corrected chi connectivity index (χ1v) is 7.58. The molecule has 0 bridgehead atoms. The number of aryl methyl sites for hydroxylation is 2. The summed E-state index contributed by atoms with van der Waals surface area (Å²) in [7, 11) is 2.02. The van der Waals surface area contributed by atoms with E-state index in [1.807, 2.05) is 30.4 Å². The molecule has 0 saturated heterocycles. The Morgan fingerprint density at radius 2 is 2.24 bits per heavy atom. The lowest BCUT2D eigenvalue weighted by Crippen LogP contribution is -2.23. The van der Waals surface area contributed by atoms with Crippen molar-refractivity contribution in [3.05, 3.63) is 11.8 Å². The maximum Gasteiger partial charge on any atom is 0.0939 e. The Bertz CT molecular complexity index is 342. The first kappa shape index (κ1) is 13.0. The van der Waals surface area contributed by atoms with Gasteiger partial charge in [-0.3, -0.25) is 4.68 Å². The van der Waals surface area contributed by atoms with Crippen LogP contribution in [0.2, 0.25) is 0 Å². The Hall–Kier alpha value is -0.480. The summed E-state index contributed by atoms with van der Waals surface area (Å²) in [6.07, 6.45) is 5.74. The van der Waals surface area contributed by atoms with Gasteiger partial charge in [0.15, 0.2) is 0 Å². The van der Waals surface area contributed by atoms with Gasteiger partial charge in [0.05, 0.1) is 10.7 Å². The van der Waals surface area contributed by atoms with Crippen LogP contribution in [0.5, 0.6) is 0 Å². The molecule has 0 spiro atoms. The minimum absolute atomic E-state index is 0.943. The first-order valence-electron chi connectivity index (χ1n) is 6.60. The number of rotatable bonds is 6. The summed E-state index contributed by atoms with van der Waals surface area (Å²) in [5, 5.41) is 9.19. The number of hydrogen-bond acceptors (Lipinski definition) is 3. The molecule has 2 rings (SSSR count). The van der Waals surface area contributed by atoms with Crippen LogP contribution in [0.15, 0.2) is 11.1 Å². The van der Waals surface area contributed by atoms with Crippen molar-refractivity contribution in [2.45, 2.75) is 37.6 Å². The van der Waals surface area contributed by atoms with Crippen LogP contribution in [0.1, 0.15) is 31.4 Å². The second-order valence-corrected chi connectivity index (χ2v) is 6.07. The molecule has 4 heteroatoms. The van der Waals surface area contributed by atoms with Crippen LogP contribution < -0.4 is 5.32 Å². The second kappa shape index (κ2) is 6.45. The van der Waals surface area contributed by atoms with Crippen molar-refractivity contribution in [1.82, 2.24) is 15.1 Å². The Kier molecular flexibility index (Phi) is 4.92. The highest BCUT2D eigenvalue weighted by atomic mass is 32.2. The molecule has 3 nitrogen and oxygen atoms in total. The number of nitrogens with zero attached hydrogens (tertiary/aromatic N) is 2. The van der Waals surface area contributed by atoms with Gasteiger partial charge in [-0.05, 0) is 38.3 Å². The third-order valence-corrected chi connectivity index (χ3v) is 4.48. The Labute approximate surface area is 108 Å². The van der Waals surface area contributed by atoms with Crippen molar-refractivity contribution in [3.63, 3.8) is 0 Å². The van der Waals surface area contributed by atoms with Crippen molar-refractivity contribution in [3.8, 4) is 0 Å². The molecule has 0 atom stereocenters. The number of nitrogens with one attached hydrogen (secondary N) is 1. The van der Waals surface area contributed by atoms with E-state index in [4.69, 9.17) is 0 Å². The van der Waals surface area contributed by atoms with Crippen LogP contribution in [0.4, 0.5) is 0 Å². The van der Waals surface area contributed by atoms with Crippen molar-refractivity contribution in [2.24, 2.45) is 13.0 Å². The Morgan fingerprint density at radius 3 is 2.88 bits per heavy atom. The van der Waals surface area contributed by atoms with Gasteiger partial charge in [-0.15, -0.1) is 11.8 Å². The zero-order chi connectivity index (χ0) is 12.1. The van der Waals surface area contributed by atoms with Crippen molar-refractivity contribution >= 4 is 11.8 Å². The van der Waals surface area contributed by atoms with Gasteiger partial charge in [0.2, 0.25) is 0 Å². The summed E-state index contributed by atoms with van der Waals surface area (Å²) in [5.74, 6) is 2.07. The van der Waals surface area contributed by atoms with E-state index in [1.165, 1.54) is 37.3 Å². The smallest absolute Gasteiger partial charge is 0.0939 e. The molecule has 17 heavy (non-hydrogen) atoms. The molecule has 0 radical (unpaired) electrons. The maximum absolute atomic E-state index is 4.35. The molecule has 1 saturated carbocycles. The second-order valence-electron chi connectivity index (χ2n) is 4.95. The Balaban J connectivity index is 1.58. The van der Waals surface area contributed by atoms with Crippen LogP contribution in [-0.2, 0) is 7.05 Å². The van der Waals surface area contributed by atoms with Crippen LogP contribution in [0, 0.1) is 12.8 Å². The number of thioether (sulfide) groups is 1. The molecule has 96 valence electrons. The predicted molar refractivity (Wildman–Crippen MR) is 73.5 cm³/mol. The van der Waals surface area contributed by atoms with Gasteiger partial charge in [0.25, 0.3) is 0 Å². The average molecular weight is 253 g/mol. The molecular formula is C13H23N3S. The summed E-state index contributed by atoms with van der Waals surface area (Å²) in [6, 6.07) is 2.15.